The number of esters is 1. The van der Waals surface area contributed by atoms with E-state index in [-0.39, 0.29) is 25.2 Å². The summed E-state index contributed by atoms with van der Waals surface area (Å²) in [5, 5.41) is 55.4. The van der Waals surface area contributed by atoms with Crippen LogP contribution in [0, 0.1) is 11.8 Å². The first-order valence-electron chi connectivity index (χ1n) is 11.5. The molecule has 0 bridgehead atoms. The number of aliphatic hydroxyl groups excluding tert-OH is 4. The molecule has 2 aliphatic carbocycles. The van der Waals surface area contributed by atoms with Gasteiger partial charge in [0.15, 0.2) is 5.60 Å². The van der Waals surface area contributed by atoms with Gasteiger partial charge in [-0.2, -0.15) is 0 Å². The molecular formula is C22H37NO9. The molecular weight excluding hydrogens is 422 g/mol. The molecule has 1 saturated heterocycles. The second-order valence-corrected chi connectivity index (χ2v) is 9.72. The molecule has 10 nitrogen and oxygen atoms in total. The lowest BCUT2D eigenvalue weighted by Gasteiger charge is -2.56. The Morgan fingerprint density at radius 2 is 1.81 bits per heavy atom. The van der Waals surface area contributed by atoms with Crippen LogP contribution >= 0.6 is 0 Å². The average Bonchev–Trinajstić information content (AvgIpc) is 2.78. The summed E-state index contributed by atoms with van der Waals surface area (Å²) in [6, 6.07) is -1.17. The fraction of sp³-hybridized carbons (Fsp3) is 0.909. The average molecular weight is 460 g/mol. The topological polar surface area (TPSA) is 166 Å². The van der Waals surface area contributed by atoms with Gasteiger partial charge >= 0.3 is 5.97 Å². The molecule has 10 heteroatoms. The molecule has 1 heterocycles. The number of methoxy groups -OCH3 is 1. The van der Waals surface area contributed by atoms with Gasteiger partial charge in [0.05, 0.1) is 25.9 Å². The molecule has 32 heavy (non-hydrogen) atoms. The van der Waals surface area contributed by atoms with Crippen molar-refractivity contribution < 1.29 is 44.6 Å². The fourth-order valence-corrected chi connectivity index (χ4v) is 6.06. The van der Waals surface area contributed by atoms with E-state index in [1.807, 2.05) is 0 Å². The molecule has 1 amide bonds. The van der Waals surface area contributed by atoms with E-state index in [0.717, 1.165) is 32.8 Å². The van der Waals surface area contributed by atoms with Crippen LogP contribution in [0.5, 0.6) is 0 Å². The minimum absolute atomic E-state index is 0.198. The van der Waals surface area contributed by atoms with Crippen LogP contribution in [0.25, 0.3) is 0 Å². The van der Waals surface area contributed by atoms with Gasteiger partial charge in [-0.25, -0.2) is 4.79 Å². The van der Waals surface area contributed by atoms with Crippen LogP contribution in [0.15, 0.2) is 0 Å². The number of amides is 1. The maximum Gasteiger partial charge on any atom is 0.341 e. The maximum absolute atomic E-state index is 13.1. The van der Waals surface area contributed by atoms with E-state index in [1.165, 1.54) is 6.92 Å². The summed E-state index contributed by atoms with van der Waals surface area (Å²) in [6.07, 6.45) is -1.18. The van der Waals surface area contributed by atoms with Gasteiger partial charge in [0.2, 0.25) is 5.91 Å². The number of ether oxygens (including phenoxy) is 2. The number of carbonyl (C=O) groups is 2. The standard InChI is InChI=1S/C22H37NO9/c1-12(25)23-17-15(26)10-22(20(29)31-2,32-19(17)18(28)16(27)11-24)21(30)8-7-13-5-3-4-6-14(13)9-21/h13-19,24,26-28,30H,3-11H2,1-2H3,(H,23,25)/t13?,14?,15-,16+,17+,18-,19+,21?,22+/m0/s1. The summed E-state index contributed by atoms with van der Waals surface area (Å²) in [5.74, 6) is -0.744. The molecule has 1 aliphatic heterocycles. The third-order valence-corrected chi connectivity index (χ3v) is 7.75. The molecule has 3 unspecified atom stereocenters. The van der Waals surface area contributed by atoms with Gasteiger partial charge in [0.1, 0.15) is 23.9 Å². The Labute approximate surface area is 187 Å². The monoisotopic (exact) mass is 459 g/mol. The Kier molecular flexibility index (Phi) is 7.84. The molecule has 3 aliphatic rings. The summed E-state index contributed by atoms with van der Waals surface area (Å²) >= 11 is 0. The van der Waals surface area contributed by atoms with Crippen molar-refractivity contribution in [3.05, 3.63) is 0 Å². The van der Waals surface area contributed by atoms with Gasteiger partial charge in [-0.3, -0.25) is 4.79 Å². The van der Waals surface area contributed by atoms with E-state index >= 15 is 0 Å². The highest BCUT2D eigenvalue weighted by Gasteiger charge is 2.66. The zero-order valence-corrected chi connectivity index (χ0v) is 18.8. The van der Waals surface area contributed by atoms with Crippen molar-refractivity contribution in [2.45, 2.75) is 100.0 Å². The molecule has 184 valence electrons. The smallest absolute Gasteiger partial charge is 0.341 e. The Balaban J connectivity index is 2.00. The van der Waals surface area contributed by atoms with Crippen LogP contribution < -0.4 is 5.32 Å². The number of nitrogens with one attached hydrogen (secondary N) is 1. The number of fused-ring (bicyclic) bond motifs is 1. The molecule has 0 spiro atoms. The van der Waals surface area contributed by atoms with Crippen LogP contribution in [-0.2, 0) is 19.1 Å². The predicted molar refractivity (Wildman–Crippen MR) is 111 cm³/mol. The lowest BCUT2D eigenvalue weighted by Crippen LogP contribution is -2.74. The van der Waals surface area contributed by atoms with E-state index in [9.17, 15) is 35.1 Å². The lowest BCUT2D eigenvalue weighted by atomic mass is 9.59. The minimum atomic E-state index is -2.00. The highest BCUT2D eigenvalue weighted by atomic mass is 16.6. The summed E-state index contributed by atoms with van der Waals surface area (Å²) in [6.45, 7) is 0.418. The number of carbonyl (C=O) groups excluding carboxylic acids is 2. The Morgan fingerprint density at radius 1 is 1.16 bits per heavy atom. The van der Waals surface area contributed by atoms with Crippen LogP contribution in [0.2, 0.25) is 0 Å². The van der Waals surface area contributed by atoms with Crippen molar-refractivity contribution in [1.82, 2.24) is 5.32 Å². The van der Waals surface area contributed by atoms with Crippen LogP contribution in [-0.4, -0.2) is 92.8 Å². The lowest BCUT2D eigenvalue weighted by molar-refractivity contribution is -0.286. The second kappa shape index (κ2) is 9.90. The van der Waals surface area contributed by atoms with Crippen LogP contribution in [0.1, 0.15) is 58.3 Å². The highest BCUT2D eigenvalue weighted by Crippen LogP contribution is 2.52. The summed E-state index contributed by atoms with van der Waals surface area (Å²) in [4.78, 5) is 24.9. The summed E-state index contributed by atoms with van der Waals surface area (Å²) in [5.41, 5.74) is -3.66. The summed E-state index contributed by atoms with van der Waals surface area (Å²) < 4.78 is 11.1. The second-order valence-electron chi connectivity index (χ2n) is 9.72. The van der Waals surface area contributed by atoms with Gasteiger partial charge in [-0.15, -0.1) is 0 Å². The Hall–Kier alpha value is -1.30. The molecule has 0 aromatic rings. The first-order chi connectivity index (χ1) is 15.1. The van der Waals surface area contributed by atoms with Crippen molar-refractivity contribution >= 4 is 11.9 Å². The van der Waals surface area contributed by atoms with Gasteiger partial charge in [0.25, 0.3) is 0 Å². The SMILES string of the molecule is COC(=O)[C@@]1(C2(O)CCC3CCCCC3C2)C[C@H](O)[C@@H](NC(C)=O)[C@H]([C@@H](O)[C@H](O)CO)O1. The first-order valence-corrected chi connectivity index (χ1v) is 11.5. The normalized spacial score (nSPS) is 41.8. The van der Waals surface area contributed by atoms with Crippen molar-refractivity contribution in [1.29, 1.82) is 0 Å². The molecule has 9 atom stereocenters. The number of hydrogen-bond donors (Lipinski definition) is 6. The Bertz CT molecular complexity index is 690. The van der Waals surface area contributed by atoms with E-state index in [1.54, 1.807) is 0 Å². The van der Waals surface area contributed by atoms with E-state index < -0.39 is 60.1 Å². The molecule has 0 aromatic carbocycles. The minimum Gasteiger partial charge on any atom is -0.467 e. The van der Waals surface area contributed by atoms with Gasteiger partial charge in [-0.1, -0.05) is 25.7 Å². The zero-order chi connectivity index (χ0) is 23.7. The highest BCUT2D eigenvalue weighted by molar-refractivity contribution is 5.82. The van der Waals surface area contributed by atoms with Crippen LogP contribution in [0.3, 0.4) is 0 Å². The third-order valence-electron chi connectivity index (χ3n) is 7.75. The van der Waals surface area contributed by atoms with Gasteiger partial charge in [-0.05, 0) is 31.1 Å². The zero-order valence-electron chi connectivity index (χ0n) is 18.8. The molecule has 3 rings (SSSR count). The molecule has 3 fully saturated rings. The van der Waals surface area contributed by atoms with E-state index in [4.69, 9.17) is 9.47 Å². The molecule has 0 radical (unpaired) electrons. The Morgan fingerprint density at radius 3 is 2.41 bits per heavy atom. The molecule has 0 aromatic heterocycles. The van der Waals surface area contributed by atoms with Crippen molar-refractivity contribution in [3.8, 4) is 0 Å². The number of hydrogen-bond acceptors (Lipinski definition) is 9. The van der Waals surface area contributed by atoms with Gasteiger partial charge < -0.3 is 40.3 Å². The summed E-state index contributed by atoms with van der Waals surface area (Å²) in [7, 11) is 1.16. The number of rotatable bonds is 6. The third kappa shape index (κ3) is 4.53. The fourth-order valence-electron chi connectivity index (χ4n) is 6.06. The molecule has 6 N–H and O–H groups in total. The van der Waals surface area contributed by atoms with Crippen molar-refractivity contribution in [2.75, 3.05) is 13.7 Å². The van der Waals surface area contributed by atoms with Crippen molar-refractivity contribution in [3.63, 3.8) is 0 Å². The first kappa shape index (κ1) is 25.3. The van der Waals surface area contributed by atoms with Crippen molar-refractivity contribution in [2.24, 2.45) is 11.8 Å². The van der Waals surface area contributed by atoms with E-state index in [2.05, 4.69) is 5.32 Å². The predicted octanol–water partition coefficient (Wildman–Crippen LogP) is -1.01. The molecule has 2 saturated carbocycles. The quantitative estimate of drug-likeness (QED) is 0.273. The van der Waals surface area contributed by atoms with Crippen LogP contribution in [0.4, 0.5) is 0 Å². The maximum atomic E-state index is 13.1. The number of aliphatic hydroxyl groups is 5. The van der Waals surface area contributed by atoms with E-state index in [0.29, 0.717) is 12.3 Å². The van der Waals surface area contributed by atoms with Gasteiger partial charge in [0, 0.05) is 13.3 Å². The largest absolute Gasteiger partial charge is 0.467 e.